The first-order valence-corrected chi connectivity index (χ1v) is 6.07. The molecule has 14 heavy (non-hydrogen) atoms. The number of rotatable bonds is 11. The van der Waals surface area contributed by atoms with Gasteiger partial charge in [-0.15, -0.1) is 0 Å². The molecule has 0 bridgehead atoms. The van der Waals surface area contributed by atoms with Crippen LogP contribution < -0.4 is 0 Å². The lowest BCUT2D eigenvalue weighted by atomic mass is 10.7. The van der Waals surface area contributed by atoms with Crippen molar-refractivity contribution < 1.29 is 18.8 Å². The predicted molar refractivity (Wildman–Crippen MR) is 61.0 cm³/mol. The summed E-state index contributed by atoms with van der Waals surface area (Å²) in [4.78, 5) is 0. The topological polar surface area (TPSA) is 47.9 Å². The van der Waals surface area contributed by atoms with Crippen LogP contribution in [0.5, 0.6) is 0 Å². The third-order valence-electron chi connectivity index (χ3n) is 1.18. The van der Waals surface area contributed by atoms with Crippen LogP contribution in [0.15, 0.2) is 0 Å². The van der Waals surface area contributed by atoms with Crippen molar-refractivity contribution in [3.63, 3.8) is 0 Å². The van der Waals surface area contributed by atoms with Crippen LogP contribution in [-0.4, -0.2) is 56.3 Å². The molecule has 0 aliphatic carbocycles. The fraction of sp³-hybridized carbons (Fsp3) is 1.00. The van der Waals surface area contributed by atoms with Gasteiger partial charge in [-0.1, -0.05) is 0 Å². The normalized spacial score (nSPS) is 10.7. The zero-order valence-electron chi connectivity index (χ0n) is 8.18. The highest BCUT2D eigenvalue weighted by atomic mass is 32.2. The Balaban J connectivity index is 2.78. The quantitative estimate of drug-likeness (QED) is 0.316. The Morgan fingerprint density at radius 2 is 1.79 bits per heavy atom. The first-order valence-electron chi connectivity index (χ1n) is 4.53. The maximum absolute atomic E-state index is 8.40. The molecule has 0 saturated carbocycles. The van der Waals surface area contributed by atoms with Crippen molar-refractivity contribution in [3.8, 4) is 0 Å². The fourth-order valence-electron chi connectivity index (χ4n) is 0.637. The highest BCUT2D eigenvalue weighted by Gasteiger charge is 1.91. The molecule has 0 aliphatic heterocycles. The van der Waals surface area contributed by atoms with Gasteiger partial charge in [0.25, 0.3) is 0 Å². The van der Waals surface area contributed by atoms with E-state index in [1.807, 2.05) is 0 Å². The number of aliphatic hydroxyl groups excluding tert-OH is 1. The van der Waals surface area contributed by atoms with Gasteiger partial charge in [0.15, 0.2) is 0 Å². The summed E-state index contributed by atoms with van der Waals surface area (Å²) in [5, 5.41) is 8.40. The Kier molecular flexibility index (Phi) is 14.1. The van der Waals surface area contributed by atoms with Gasteiger partial charge in [0.05, 0.1) is 39.6 Å². The van der Waals surface area contributed by atoms with Gasteiger partial charge >= 0.3 is 0 Å². The summed E-state index contributed by atoms with van der Waals surface area (Å²) < 4.78 is 15.4. The van der Waals surface area contributed by atoms with Crippen LogP contribution in [0.4, 0.5) is 0 Å². The van der Waals surface area contributed by atoms with E-state index in [9.17, 15) is 0 Å². The number of ether oxygens (including phenoxy) is 2. The molecule has 0 saturated heterocycles. The monoisotopic (exact) mass is 242 g/mol. The van der Waals surface area contributed by atoms with Crippen LogP contribution in [0.2, 0.25) is 0 Å². The van der Waals surface area contributed by atoms with E-state index in [1.54, 1.807) is 0 Å². The van der Waals surface area contributed by atoms with Crippen LogP contribution >= 0.6 is 24.7 Å². The summed E-state index contributed by atoms with van der Waals surface area (Å²) in [6, 6.07) is 0. The van der Waals surface area contributed by atoms with Crippen LogP contribution in [0.1, 0.15) is 0 Å². The predicted octanol–water partition coefficient (Wildman–Crippen LogP) is 0.607. The van der Waals surface area contributed by atoms with Crippen molar-refractivity contribution in [2.45, 2.75) is 0 Å². The summed E-state index contributed by atoms with van der Waals surface area (Å²) in [6.07, 6.45) is 0. The van der Waals surface area contributed by atoms with Gasteiger partial charge in [-0.3, -0.25) is 0 Å². The first-order chi connectivity index (χ1) is 6.91. The van der Waals surface area contributed by atoms with Gasteiger partial charge in [-0.2, -0.15) is 12.6 Å². The molecule has 0 heterocycles. The Hall–Kier alpha value is 0.540. The van der Waals surface area contributed by atoms with Crippen LogP contribution in [0.3, 0.4) is 0 Å². The average Bonchev–Trinajstić information content (AvgIpc) is 2.21. The van der Waals surface area contributed by atoms with E-state index < -0.39 is 0 Å². The second kappa shape index (κ2) is 13.5. The SMILES string of the molecule is OCCOCCSOCCOCCS. The van der Waals surface area contributed by atoms with E-state index in [-0.39, 0.29) is 6.61 Å². The average molecular weight is 242 g/mol. The fourth-order valence-corrected chi connectivity index (χ4v) is 1.26. The minimum Gasteiger partial charge on any atom is -0.394 e. The van der Waals surface area contributed by atoms with Crippen molar-refractivity contribution in [1.82, 2.24) is 0 Å². The van der Waals surface area contributed by atoms with Crippen LogP contribution in [0.25, 0.3) is 0 Å². The number of hydrogen-bond donors (Lipinski definition) is 2. The number of aliphatic hydroxyl groups is 1. The van der Waals surface area contributed by atoms with Crippen molar-refractivity contribution in [1.29, 1.82) is 0 Å². The van der Waals surface area contributed by atoms with Crippen molar-refractivity contribution >= 4 is 24.7 Å². The Morgan fingerprint density at radius 1 is 1.00 bits per heavy atom. The van der Waals surface area contributed by atoms with E-state index in [1.165, 1.54) is 12.0 Å². The maximum atomic E-state index is 8.40. The molecule has 0 fully saturated rings. The molecule has 0 aliphatic rings. The molecule has 4 nitrogen and oxygen atoms in total. The molecule has 0 spiro atoms. The smallest absolute Gasteiger partial charge is 0.0847 e. The minimum atomic E-state index is 0.0725. The lowest BCUT2D eigenvalue weighted by Gasteiger charge is -2.03. The summed E-state index contributed by atoms with van der Waals surface area (Å²) >= 11 is 5.36. The van der Waals surface area contributed by atoms with E-state index >= 15 is 0 Å². The third-order valence-corrected chi connectivity index (χ3v) is 2.03. The minimum absolute atomic E-state index is 0.0725. The van der Waals surface area contributed by atoms with E-state index in [4.69, 9.17) is 18.8 Å². The number of hydrogen-bond acceptors (Lipinski definition) is 6. The molecule has 86 valence electrons. The molecule has 0 aromatic carbocycles. The van der Waals surface area contributed by atoms with E-state index in [0.717, 1.165) is 11.5 Å². The second-order valence-electron chi connectivity index (χ2n) is 2.32. The van der Waals surface area contributed by atoms with Crippen molar-refractivity contribution in [2.24, 2.45) is 0 Å². The van der Waals surface area contributed by atoms with E-state index in [0.29, 0.717) is 33.0 Å². The molecule has 0 radical (unpaired) electrons. The molecule has 0 amide bonds. The zero-order valence-corrected chi connectivity index (χ0v) is 9.90. The van der Waals surface area contributed by atoms with Gasteiger partial charge in [0.2, 0.25) is 0 Å². The first kappa shape index (κ1) is 14.5. The lowest BCUT2D eigenvalue weighted by Crippen LogP contribution is -2.05. The van der Waals surface area contributed by atoms with Gasteiger partial charge in [-0.25, -0.2) is 0 Å². The summed E-state index contributed by atoms with van der Waals surface area (Å²) in [6.45, 7) is 2.91. The molecular weight excluding hydrogens is 224 g/mol. The lowest BCUT2D eigenvalue weighted by molar-refractivity contribution is 0.101. The molecule has 0 rings (SSSR count). The highest BCUT2D eigenvalue weighted by molar-refractivity contribution is 7.94. The zero-order chi connectivity index (χ0) is 10.5. The van der Waals surface area contributed by atoms with Gasteiger partial charge < -0.3 is 18.8 Å². The molecule has 1 N–H and O–H groups in total. The Morgan fingerprint density at radius 3 is 2.50 bits per heavy atom. The number of thiol groups is 1. The third kappa shape index (κ3) is 12.5. The Bertz CT molecular complexity index is 93.3. The standard InChI is InChI=1S/C8H18O4S2/c9-1-2-10-6-8-14-12-4-3-11-5-7-13/h9,13H,1-8H2. The Labute approximate surface area is 94.9 Å². The molecular formula is C8H18O4S2. The second-order valence-corrected chi connectivity index (χ2v) is 3.64. The molecule has 0 unspecified atom stereocenters. The van der Waals surface area contributed by atoms with Crippen LogP contribution in [-0.2, 0) is 13.7 Å². The molecule has 0 aromatic rings. The molecule has 0 aromatic heterocycles. The van der Waals surface area contributed by atoms with Gasteiger partial charge in [0, 0.05) is 11.5 Å². The summed E-state index contributed by atoms with van der Waals surface area (Å²) in [5.41, 5.74) is 0. The van der Waals surface area contributed by atoms with E-state index in [2.05, 4.69) is 12.6 Å². The maximum Gasteiger partial charge on any atom is 0.0847 e. The van der Waals surface area contributed by atoms with Crippen molar-refractivity contribution in [3.05, 3.63) is 0 Å². The summed E-state index contributed by atoms with van der Waals surface area (Å²) in [7, 11) is 0. The van der Waals surface area contributed by atoms with Crippen molar-refractivity contribution in [2.75, 3.05) is 51.1 Å². The van der Waals surface area contributed by atoms with Gasteiger partial charge in [0.1, 0.15) is 0 Å². The summed E-state index contributed by atoms with van der Waals surface area (Å²) in [5.74, 6) is 1.51. The highest BCUT2D eigenvalue weighted by Crippen LogP contribution is 2.01. The largest absolute Gasteiger partial charge is 0.394 e. The van der Waals surface area contributed by atoms with Crippen LogP contribution in [0, 0.1) is 0 Å². The van der Waals surface area contributed by atoms with Gasteiger partial charge in [-0.05, 0) is 12.0 Å². The molecule has 0 atom stereocenters. The molecule has 6 heteroatoms.